The van der Waals surface area contributed by atoms with Gasteiger partial charge in [0.1, 0.15) is 9.39 Å². The van der Waals surface area contributed by atoms with E-state index < -0.39 is 0 Å². The quantitative estimate of drug-likeness (QED) is 0.307. The molecule has 1 amide bonds. The Balaban J connectivity index is 0.000000252. The van der Waals surface area contributed by atoms with Crippen molar-refractivity contribution in [3.05, 3.63) is 81.8 Å². The minimum atomic E-state index is -0.0755. The summed E-state index contributed by atoms with van der Waals surface area (Å²) < 4.78 is 1.03. The molecule has 4 aromatic rings. The number of carbonyl (C=O) groups excluding carboxylic acids is 1. The van der Waals surface area contributed by atoms with Crippen LogP contribution in [0.15, 0.2) is 76.7 Å². The fourth-order valence-electron chi connectivity index (χ4n) is 2.48. The van der Waals surface area contributed by atoms with Crippen LogP contribution in [0.1, 0.15) is 16.1 Å². The Hall–Kier alpha value is -2.83. The first kappa shape index (κ1) is 20.9. The molecule has 0 spiro atoms. The smallest absolute Gasteiger partial charge is 0.252 e. The summed E-state index contributed by atoms with van der Waals surface area (Å²) in [7, 11) is 1.64. The first-order valence-corrected chi connectivity index (χ1v) is 10.5. The van der Waals surface area contributed by atoms with Gasteiger partial charge in [-0.05, 0) is 65.1 Å². The summed E-state index contributed by atoms with van der Waals surface area (Å²) in [6.07, 6.45) is 6.71. The third-order valence-corrected chi connectivity index (χ3v) is 5.77. The maximum Gasteiger partial charge on any atom is 0.252 e. The van der Waals surface area contributed by atoms with Gasteiger partial charge in [-0.2, -0.15) is 5.10 Å². The summed E-state index contributed by atoms with van der Waals surface area (Å²) in [4.78, 5) is 17.7. The number of aromatic amines is 1. The van der Waals surface area contributed by atoms with Gasteiger partial charge in [-0.1, -0.05) is 35.9 Å². The monoisotopic (exact) mass is 512 g/mol. The second kappa shape index (κ2) is 10.1. The van der Waals surface area contributed by atoms with Crippen LogP contribution in [-0.2, 0) is 0 Å². The van der Waals surface area contributed by atoms with E-state index in [0.29, 0.717) is 11.3 Å². The summed E-state index contributed by atoms with van der Waals surface area (Å²) in [6, 6.07) is 19.2. The van der Waals surface area contributed by atoms with E-state index in [4.69, 9.17) is 6.42 Å². The van der Waals surface area contributed by atoms with Gasteiger partial charge in [0.25, 0.3) is 5.91 Å². The fraction of sp³-hybridized carbons (Fsp3) is 0.0455. The minimum absolute atomic E-state index is 0.0755. The van der Waals surface area contributed by atoms with Gasteiger partial charge in [0.2, 0.25) is 0 Å². The predicted molar refractivity (Wildman–Crippen MR) is 125 cm³/mol. The average molecular weight is 512 g/mol. The van der Waals surface area contributed by atoms with Crippen molar-refractivity contribution < 1.29 is 4.79 Å². The van der Waals surface area contributed by atoms with Gasteiger partial charge in [0.05, 0.1) is 11.1 Å². The Morgan fingerprint density at radius 2 is 1.97 bits per heavy atom. The van der Waals surface area contributed by atoms with Gasteiger partial charge in [-0.25, -0.2) is 4.98 Å². The Morgan fingerprint density at radius 3 is 2.66 bits per heavy atom. The van der Waals surface area contributed by atoms with Gasteiger partial charge in [0, 0.05) is 28.4 Å². The number of pyridine rings is 1. The third kappa shape index (κ3) is 5.37. The van der Waals surface area contributed by atoms with Gasteiger partial charge in [-0.3, -0.25) is 9.89 Å². The zero-order valence-electron chi connectivity index (χ0n) is 15.5. The number of benzene rings is 2. The molecule has 4 rings (SSSR count). The highest BCUT2D eigenvalue weighted by Gasteiger charge is 2.11. The van der Waals surface area contributed by atoms with Crippen molar-refractivity contribution in [3.8, 4) is 12.3 Å². The van der Waals surface area contributed by atoms with Crippen molar-refractivity contribution in [1.29, 1.82) is 0 Å². The molecular weight excluding hydrogens is 495 g/mol. The number of nitrogens with zero attached hydrogens (tertiary/aromatic N) is 2. The van der Waals surface area contributed by atoms with Gasteiger partial charge in [-0.15, -0.1) is 6.42 Å². The molecule has 0 unspecified atom stereocenters. The largest absolute Gasteiger partial charge is 0.355 e. The van der Waals surface area contributed by atoms with E-state index >= 15 is 0 Å². The number of fused-ring (bicyclic) bond motifs is 1. The highest BCUT2D eigenvalue weighted by Crippen LogP contribution is 2.32. The molecule has 2 aromatic carbocycles. The lowest BCUT2D eigenvalue weighted by Gasteiger charge is -2.07. The molecular formula is C22H17IN4OS. The molecule has 0 bridgehead atoms. The number of H-pyrrole nitrogens is 1. The van der Waals surface area contributed by atoms with Crippen LogP contribution in [0.25, 0.3) is 10.9 Å². The second-order valence-corrected chi connectivity index (χ2v) is 7.95. The van der Waals surface area contributed by atoms with Crippen LogP contribution in [-0.4, -0.2) is 28.1 Å². The van der Waals surface area contributed by atoms with Crippen LogP contribution in [0.4, 0.5) is 0 Å². The number of hydrogen-bond donors (Lipinski definition) is 2. The minimum Gasteiger partial charge on any atom is -0.355 e. The summed E-state index contributed by atoms with van der Waals surface area (Å²) in [5.41, 5.74) is 2.30. The van der Waals surface area contributed by atoms with Crippen LogP contribution in [0.5, 0.6) is 0 Å². The molecule has 0 saturated carbocycles. The second-order valence-electron chi connectivity index (χ2n) is 5.75. The van der Waals surface area contributed by atoms with Crippen LogP contribution in [0, 0.1) is 16.0 Å². The Bertz CT molecular complexity index is 1170. The molecule has 29 heavy (non-hydrogen) atoms. The maximum absolute atomic E-state index is 11.9. The molecule has 5 nitrogen and oxygen atoms in total. The predicted octanol–water partition coefficient (Wildman–Crippen LogP) is 4.74. The number of hydrogen-bond acceptors (Lipinski definition) is 4. The van der Waals surface area contributed by atoms with E-state index in [1.165, 1.54) is 0 Å². The lowest BCUT2D eigenvalue weighted by Crippen LogP contribution is -2.18. The Morgan fingerprint density at radius 1 is 1.17 bits per heavy atom. The SMILES string of the molecule is C#Cc1ccccn1.CNC(=O)c1ccccc1Sc1ccc2c(I)[nH]nc2c1. The first-order chi connectivity index (χ1) is 14.1. The van der Waals surface area contributed by atoms with Crippen LogP contribution < -0.4 is 5.32 Å². The Labute approximate surface area is 186 Å². The van der Waals surface area contributed by atoms with Crippen LogP contribution in [0.3, 0.4) is 0 Å². The summed E-state index contributed by atoms with van der Waals surface area (Å²) in [5, 5.41) is 11.0. The van der Waals surface area contributed by atoms with E-state index in [0.717, 1.165) is 24.4 Å². The molecule has 0 aliphatic rings. The van der Waals surface area contributed by atoms with Gasteiger partial charge >= 0.3 is 0 Å². The average Bonchev–Trinajstić information content (AvgIpc) is 3.14. The molecule has 0 radical (unpaired) electrons. The van der Waals surface area contributed by atoms with E-state index in [9.17, 15) is 4.79 Å². The molecule has 2 N–H and O–H groups in total. The number of halogens is 1. The third-order valence-electron chi connectivity index (χ3n) is 3.88. The van der Waals surface area contributed by atoms with E-state index in [-0.39, 0.29) is 5.91 Å². The van der Waals surface area contributed by atoms with Crippen molar-refractivity contribution in [3.63, 3.8) is 0 Å². The normalized spacial score (nSPS) is 9.97. The standard InChI is InChI=1S/C15H12IN3OS.C7H5N/c1-17-15(20)11-4-2-3-5-13(11)21-9-6-7-10-12(8-9)18-19-14(10)16;1-2-7-5-3-4-6-8-7/h2-8H,1H3,(H,17,20)(H,18,19);1,3-6H. The summed E-state index contributed by atoms with van der Waals surface area (Å²) in [5.74, 6) is 2.34. The van der Waals surface area contributed by atoms with E-state index in [1.807, 2.05) is 54.6 Å². The molecule has 2 heterocycles. The molecule has 0 aliphatic carbocycles. The number of aromatic nitrogens is 3. The van der Waals surface area contributed by atoms with Crippen molar-refractivity contribution in [2.45, 2.75) is 9.79 Å². The van der Waals surface area contributed by atoms with E-state index in [1.54, 1.807) is 31.1 Å². The molecule has 0 fully saturated rings. The number of rotatable bonds is 3. The lowest BCUT2D eigenvalue weighted by molar-refractivity contribution is 0.0960. The maximum atomic E-state index is 11.9. The number of terminal acetylenes is 1. The molecule has 2 aromatic heterocycles. The molecule has 7 heteroatoms. The highest BCUT2D eigenvalue weighted by molar-refractivity contribution is 14.1. The van der Waals surface area contributed by atoms with Crippen molar-refractivity contribution >= 4 is 51.2 Å². The number of nitrogens with one attached hydrogen (secondary N) is 2. The Kier molecular flexibility index (Phi) is 7.27. The highest BCUT2D eigenvalue weighted by atomic mass is 127. The zero-order chi connectivity index (χ0) is 20.6. The van der Waals surface area contributed by atoms with Crippen molar-refractivity contribution in [1.82, 2.24) is 20.5 Å². The number of amides is 1. The fourth-order valence-corrected chi connectivity index (χ4v) is 4.03. The molecule has 0 aliphatic heterocycles. The van der Waals surface area contributed by atoms with Gasteiger partial charge in [0.15, 0.2) is 0 Å². The van der Waals surface area contributed by atoms with Crippen molar-refractivity contribution in [2.24, 2.45) is 0 Å². The lowest BCUT2D eigenvalue weighted by atomic mass is 10.2. The van der Waals surface area contributed by atoms with Gasteiger partial charge < -0.3 is 5.32 Å². The number of carbonyl (C=O) groups is 1. The van der Waals surface area contributed by atoms with Crippen molar-refractivity contribution in [2.75, 3.05) is 7.05 Å². The van der Waals surface area contributed by atoms with E-state index in [2.05, 4.69) is 49.0 Å². The molecule has 144 valence electrons. The van der Waals surface area contributed by atoms with Crippen LogP contribution in [0.2, 0.25) is 0 Å². The molecule has 0 atom stereocenters. The summed E-state index contributed by atoms with van der Waals surface area (Å²) >= 11 is 3.79. The topological polar surface area (TPSA) is 70.7 Å². The van der Waals surface area contributed by atoms with Crippen LogP contribution >= 0.6 is 34.4 Å². The first-order valence-electron chi connectivity index (χ1n) is 8.62. The zero-order valence-corrected chi connectivity index (χ0v) is 18.5. The summed E-state index contributed by atoms with van der Waals surface area (Å²) in [6.45, 7) is 0. The molecule has 0 saturated heterocycles.